The second kappa shape index (κ2) is 10.8. The maximum atomic E-state index is 13.4. The van der Waals surface area contributed by atoms with Gasteiger partial charge in [0, 0.05) is 17.9 Å². The summed E-state index contributed by atoms with van der Waals surface area (Å²) in [4.78, 5) is 37.2. The first-order valence-corrected chi connectivity index (χ1v) is 11.1. The Hall–Kier alpha value is -3.55. The third-order valence-electron chi connectivity index (χ3n) is 6.24. The van der Waals surface area contributed by atoms with Gasteiger partial charge in [-0.3, -0.25) is 9.59 Å². The minimum Gasteiger partial charge on any atom is -0.506 e. The average molecular weight is 456 g/mol. The molecule has 0 saturated heterocycles. The highest BCUT2D eigenvalue weighted by Gasteiger charge is 2.31. The lowest BCUT2D eigenvalue weighted by molar-refractivity contribution is -0.116. The summed E-state index contributed by atoms with van der Waals surface area (Å²) in [6.45, 7) is 0. The van der Waals surface area contributed by atoms with Gasteiger partial charge in [0.05, 0.1) is 7.11 Å². The summed E-state index contributed by atoms with van der Waals surface area (Å²) in [5.74, 6) is -2.70. The Kier molecular flexibility index (Phi) is 7.92. The number of amides is 1. The third-order valence-corrected chi connectivity index (χ3v) is 6.24. The molecule has 0 aliphatic heterocycles. The number of phenols is 2. The van der Waals surface area contributed by atoms with Crippen molar-refractivity contribution in [2.24, 2.45) is 11.8 Å². The number of Topliss-reactive ketones (excluding diaryl/α,β-unsaturated/α-hetero) is 1. The van der Waals surface area contributed by atoms with Gasteiger partial charge in [-0.15, -0.1) is 0 Å². The second-order valence-electron chi connectivity index (χ2n) is 8.35. The van der Waals surface area contributed by atoms with Crippen molar-refractivity contribution in [3.63, 3.8) is 0 Å². The van der Waals surface area contributed by atoms with E-state index in [0.717, 1.165) is 44.2 Å². The van der Waals surface area contributed by atoms with Crippen LogP contribution in [0.1, 0.15) is 65.7 Å². The summed E-state index contributed by atoms with van der Waals surface area (Å²) >= 11 is 0. The molecular weight excluding hydrogens is 426 g/mol. The lowest BCUT2D eigenvalue weighted by Gasteiger charge is -2.29. The monoisotopic (exact) mass is 455 g/mol. The smallest absolute Gasteiger partial charge is 0.339 e. The van der Waals surface area contributed by atoms with Crippen molar-refractivity contribution in [3.8, 4) is 17.2 Å². The van der Waals surface area contributed by atoms with Gasteiger partial charge in [0.1, 0.15) is 22.7 Å². The maximum absolute atomic E-state index is 13.4. The van der Waals surface area contributed by atoms with Crippen molar-refractivity contribution >= 4 is 23.3 Å². The predicted octanol–water partition coefficient (Wildman–Crippen LogP) is 4.60. The van der Waals surface area contributed by atoms with E-state index in [4.69, 9.17) is 9.84 Å². The molecule has 3 rings (SSSR count). The minimum atomic E-state index is -1.38. The van der Waals surface area contributed by atoms with Crippen LogP contribution in [0.3, 0.4) is 0 Å². The first-order chi connectivity index (χ1) is 15.8. The highest BCUT2D eigenvalue weighted by molar-refractivity contribution is 6.01. The molecule has 0 aromatic heterocycles. The fourth-order valence-electron chi connectivity index (χ4n) is 4.47. The number of phenolic OH excluding ortho intramolecular Hbond substituents is 1. The van der Waals surface area contributed by atoms with Gasteiger partial charge in [-0.25, -0.2) is 4.79 Å². The number of hydrogen-bond donors (Lipinski definition) is 4. The summed E-state index contributed by atoms with van der Waals surface area (Å²) in [6.07, 6.45) is 5.34. The molecule has 0 heterocycles. The van der Waals surface area contributed by atoms with Crippen LogP contribution < -0.4 is 10.1 Å². The van der Waals surface area contributed by atoms with E-state index in [0.29, 0.717) is 17.7 Å². The number of hydrogen-bond acceptors (Lipinski definition) is 6. The number of aromatic hydroxyl groups is 2. The number of rotatable bonds is 9. The second-order valence-corrected chi connectivity index (χ2v) is 8.35. The summed E-state index contributed by atoms with van der Waals surface area (Å²) < 4.78 is 5.24. The molecule has 2 aromatic carbocycles. The number of ether oxygens (including phenoxy) is 1. The molecule has 0 bridgehead atoms. The van der Waals surface area contributed by atoms with Crippen LogP contribution in [0.25, 0.3) is 0 Å². The number of benzene rings is 2. The Labute approximate surface area is 192 Å². The minimum absolute atomic E-state index is 0.0208. The number of nitrogens with one attached hydrogen (secondary N) is 1. The molecule has 0 spiro atoms. The zero-order chi connectivity index (χ0) is 24.0. The summed E-state index contributed by atoms with van der Waals surface area (Å²) in [6, 6.07) is 9.12. The molecule has 33 heavy (non-hydrogen) atoms. The largest absolute Gasteiger partial charge is 0.506 e. The van der Waals surface area contributed by atoms with Gasteiger partial charge >= 0.3 is 5.97 Å². The number of carbonyl (C=O) groups excluding carboxylic acids is 2. The lowest BCUT2D eigenvalue weighted by atomic mass is 9.75. The number of carbonyl (C=O) groups is 3. The van der Waals surface area contributed by atoms with Crippen LogP contribution in [-0.4, -0.2) is 40.1 Å². The fourth-order valence-corrected chi connectivity index (χ4v) is 4.47. The standard InChI is InChI=1S/C25H29NO7/c1-33-17-9-5-8-16(14-17)23(29)18(15-6-3-2-4-7-15)11-13-21(28)26-22-20(27)12-10-19(24(22)30)25(31)32/h5,8-10,12,14-15,18,27,30H,2-4,6-7,11,13H2,1H3,(H,26,28)(H,31,32). The topological polar surface area (TPSA) is 133 Å². The highest BCUT2D eigenvalue weighted by atomic mass is 16.5. The van der Waals surface area contributed by atoms with Gasteiger partial charge in [-0.1, -0.05) is 31.4 Å². The molecule has 1 atom stereocenters. The number of ketones is 1. The molecule has 4 N–H and O–H groups in total. The van der Waals surface area contributed by atoms with E-state index in [1.165, 1.54) is 7.11 Å². The number of anilines is 1. The highest BCUT2D eigenvalue weighted by Crippen LogP contribution is 2.37. The van der Waals surface area contributed by atoms with E-state index in [2.05, 4.69) is 5.32 Å². The van der Waals surface area contributed by atoms with Crippen molar-refractivity contribution in [1.29, 1.82) is 0 Å². The van der Waals surface area contributed by atoms with Crippen LogP contribution >= 0.6 is 0 Å². The molecule has 1 fully saturated rings. The van der Waals surface area contributed by atoms with E-state index >= 15 is 0 Å². The predicted molar refractivity (Wildman–Crippen MR) is 122 cm³/mol. The van der Waals surface area contributed by atoms with Crippen molar-refractivity contribution in [3.05, 3.63) is 47.5 Å². The zero-order valence-electron chi connectivity index (χ0n) is 18.5. The van der Waals surface area contributed by atoms with Crippen LogP contribution in [0.15, 0.2) is 36.4 Å². The summed E-state index contributed by atoms with van der Waals surface area (Å²) in [5, 5.41) is 31.7. The van der Waals surface area contributed by atoms with E-state index in [1.807, 2.05) is 0 Å². The van der Waals surface area contributed by atoms with E-state index in [9.17, 15) is 24.6 Å². The van der Waals surface area contributed by atoms with Crippen LogP contribution in [0, 0.1) is 11.8 Å². The van der Waals surface area contributed by atoms with Crippen molar-refractivity contribution in [2.45, 2.75) is 44.9 Å². The third kappa shape index (κ3) is 5.83. The summed E-state index contributed by atoms with van der Waals surface area (Å²) in [7, 11) is 1.54. The van der Waals surface area contributed by atoms with Crippen LogP contribution in [-0.2, 0) is 4.79 Å². The Morgan fingerprint density at radius 3 is 2.48 bits per heavy atom. The van der Waals surface area contributed by atoms with E-state index < -0.39 is 28.9 Å². The van der Waals surface area contributed by atoms with Gasteiger partial charge < -0.3 is 25.4 Å². The Bertz CT molecular complexity index is 1030. The molecule has 1 unspecified atom stereocenters. The summed E-state index contributed by atoms with van der Waals surface area (Å²) in [5.41, 5.74) is -0.251. The lowest BCUT2D eigenvalue weighted by Crippen LogP contribution is -2.27. The van der Waals surface area contributed by atoms with Crippen molar-refractivity contribution in [2.75, 3.05) is 12.4 Å². The normalized spacial score (nSPS) is 14.9. The zero-order valence-corrected chi connectivity index (χ0v) is 18.5. The van der Waals surface area contributed by atoms with Crippen LogP contribution in [0.4, 0.5) is 5.69 Å². The van der Waals surface area contributed by atoms with Gasteiger partial charge in [-0.05, 0) is 49.4 Å². The first-order valence-electron chi connectivity index (χ1n) is 11.1. The Morgan fingerprint density at radius 1 is 1.09 bits per heavy atom. The quantitative estimate of drug-likeness (QED) is 0.321. The van der Waals surface area contributed by atoms with Gasteiger partial charge in [0.2, 0.25) is 5.91 Å². The average Bonchev–Trinajstić information content (AvgIpc) is 2.82. The fraction of sp³-hybridized carbons (Fsp3) is 0.400. The first kappa shape index (κ1) is 24.1. The van der Waals surface area contributed by atoms with Gasteiger partial charge in [0.25, 0.3) is 0 Å². The maximum Gasteiger partial charge on any atom is 0.339 e. The molecule has 8 heteroatoms. The Balaban J connectivity index is 1.75. The number of carboxylic acids is 1. The van der Waals surface area contributed by atoms with Gasteiger partial charge in [-0.2, -0.15) is 0 Å². The Morgan fingerprint density at radius 2 is 1.82 bits per heavy atom. The number of methoxy groups -OCH3 is 1. The van der Waals surface area contributed by atoms with Crippen LogP contribution in [0.2, 0.25) is 0 Å². The van der Waals surface area contributed by atoms with Crippen molar-refractivity contribution in [1.82, 2.24) is 0 Å². The SMILES string of the molecule is COc1cccc(C(=O)C(CCC(=O)Nc2c(O)ccc(C(=O)O)c2O)C2CCCCC2)c1. The molecule has 0 radical (unpaired) electrons. The number of carboxylic acid groups (broad SMARTS) is 1. The molecule has 1 saturated carbocycles. The molecule has 1 amide bonds. The van der Waals surface area contributed by atoms with Crippen molar-refractivity contribution < 1.29 is 34.4 Å². The van der Waals surface area contributed by atoms with Crippen LogP contribution in [0.5, 0.6) is 17.2 Å². The van der Waals surface area contributed by atoms with E-state index in [-0.39, 0.29) is 29.7 Å². The molecule has 8 nitrogen and oxygen atoms in total. The molecular formula is C25H29NO7. The molecule has 2 aromatic rings. The molecule has 176 valence electrons. The number of aromatic carboxylic acids is 1. The molecule has 1 aliphatic carbocycles. The molecule has 1 aliphatic rings. The van der Waals surface area contributed by atoms with Gasteiger partial charge in [0.15, 0.2) is 11.5 Å². The van der Waals surface area contributed by atoms with E-state index in [1.54, 1.807) is 24.3 Å².